The highest BCUT2D eigenvalue weighted by molar-refractivity contribution is 5.68. The molecule has 0 saturated heterocycles. The number of hydrogen-bond acceptors (Lipinski definition) is 2. The van der Waals surface area contributed by atoms with Gasteiger partial charge in [0.05, 0.1) is 0 Å². The molecule has 82 valence electrons. The Balaban J connectivity index is 2.12. The van der Waals surface area contributed by atoms with Gasteiger partial charge in [-0.2, -0.15) is 0 Å². The highest BCUT2D eigenvalue weighted by Gasteiger charge is 2.19. The van der Waals surface area contributed by atoms with Crippen LogP contribution in [0.1, 0.15) is 0 Å². The Kier molecular flexibility index (Phi) is 2.91. The summed E-state index contributed by atoms with van der Waals surface area (Å²) in [6, 6.07) is 9.50. The lowest BCUT2D eigenvalue weighted by Crippen LogP contribution is -2.40. The van der Waals surface area contributed by atoms with E-state index in [0.29, 0.717) is 0 Å². The number of nitrogens with one attached hydrogen (secondary N) is 1. The maximum Gasteiger partial charge on any atom is 0.413 e. The van der Waals surface area contributed by atoms with Crippen LogP contribution in [0.25, 0.3) is 0 Å². The summed E-state index contributed by atoms with van der Waals surface area (Å²) in [7, 11) is 0. The fraction of sp³-hybridized carbons (Fsp3) is 0.0833. The molecule has 2 N–H and O–H groups in total. The van der Waals surface area contributed by atoms with Gasteiger partial charge in [-0.3, -0.25) is 4.90 Å². The lowest BCUT2D eigenvalue weighted by atomic mass is 10.2. The summed E-state index contributed by atoms with van der Waals surface area (Å²) >= 11 is 0. The highest BCUT2D eigenvalue weighted by atomic mass is 16.4. The fourth-order valence-corrected chi connectivity index (χ4v) is 1.50. The maximum absolute atomic E-state index is 11.0. The first kappa shape index (κ1) is 10.3. The summed E-state index contributed by atoms with van der Waals surface area (Å²) < 4.78 is 0. The summed E-state index contributed by atoms with van der Waals surface area (Å²) in [5.41, 5.74) is 0.888. The van der Waals surface area contributed by atoms with E-state index in [1.165, 1.54) is 11.1 Å². The number of carboxylic acid groups (broad SMARTS) is 1. The van der Waals surface area contributed by atoms with Gasteiger partial charge in [-0.15, -0.1) is 0 Å². The molecule has 1 aliphatic rings. The van der Waals surface area contributed by atoms with E-state index in [1.807, 2.05) is 36.4 Å². The van der Waals surface area contributed by atoms with E-state index in [2.05, 4.69) is 5.32 Å². The zero-order valence-electron chi connectivity index (χ0n) is 8.58. The third kappa shape index (κ3) is 2.23. The van der Waals surface area contributed by atoms with Crippen LogP contribution in [-0.2, 0) is 0 Å². The van der Waals surface area contributed by atoms with Crippen molar-refractivity contribution in [2.45, 2.75) is 6.17 Å². The molecule has 0 fully saturated rings. The van der Waals surface area contributed by atoms with E-state index in [4.69, 9.17) is 5.11 Å². The van der Waals surface area contributed by atoms with Crippen molar-refractivity contribution in [1.82, 2.24) is 4.90 Å². The number of amides is 1. The topological polar surface area (TPSA) is 52.6 Å². The molecule has 1 amide bonds. The summed E-state index contributed by atoms with van der Waals surface area (Å²) in [5.74, 6) is 0. The first-order chi connectivity index (χ1) is 7.77. The number of hydrogen-bond donors (Lipinski definition) is 2. The Morgan fingerprint density at radius 1 is 1.25 bits per heavy atom. The molecular formula is C12H12N2O2. The Morgan fingerprint density at radius 3 is 2.69 bits per heavy atom. The van der Waals surface area contributed by atoms with Gasteiger partial charge >= 0.3 is 6.09 Å². The van der Waals surface area contributed by atoms with E-state index in [1.54, 1.807) is 12.2 Å². The Morgan fingerprint density at radius 2 is 2.00 bits per heavy atom. The van der Waals surface area contributed by atoms with Crippen molar-refractivity contribution >= 4 is 11.8 Å². The maximum atomic E-state index is 11.0. The number of para-hydroxylation sites is 1. The lowest BCUT2D eigenvalue weighted by Gasteiger charge is -2.27. The minimum absolute atomic E-state index is 0.357. The zero-order valence-corrected chi connectivity index (χ0v) is 8.58. The van der Waals surface area contributed by atoms with Gasteiger partial charge in [0.2, 0.25) is 0 Å². The van der Waals surface area contributed by atoms with Crippen molar-refractivity contribution in [2.24, 2.45) is 0 Å². The fourth-order valence-electron chi connectivity index (χ4n) is 1.50. The molecule has 1 aromatic carbocycles. The van der Waals surface area contributed by atoms with Gasteiger partial charge in [-0.25, -0.2) is 4.79 Å². The molecule has 4 heteroatoms. The lowest BCUT2D eigenvalue weighted by molar-refractivity contribution is 0.157. The Labute approximate surface area is 93.5 Å². The first-order valence-corrected chi connectivity index (χ1v) is 4.95. The average molecular weight is 216 g/mol. The second kappa shape index (κ2) is 4.53. The number of rotatable bonds is 2. The average Bonchev–Trinajstić information content (AvgIpc) is 2.31. The normalized spacial score (nSPS) is 18.5. The van der Waals surface area contributed by atoms with E-state index >= 15 is 0 Å². The molecule has 0 saturated carbocycles. The number of nitrogens with zero attached hydrogens (tertiary/aromatic N) is 1. The largest absolute Gasteiger partial charge is 0.465 e. The summed E-state index contributed by atoms with van der Waals surface area (Å²) in [5, 5.41) is 12.1. The molecular weight excluding hydrogens is 204 g/mol. The molecule has 1 aromatic rings. The van der Waals surface area contributed by atoms with E-state index in [0.717, 1.165) is 5.69 Å². The third-order valence-corrected chi connectivity index (χ3v) is 2.26. The standard InChI is InChI=1S/C12H12N2O2/c15-12(16)14-9-5-4-8-11(14)13-10-6-2-1-3-7-10/h1-9,11,13H,(H,15,16)/t11-/m0/s1. The zero-order chi connectivity index (χ0) is 11.4. The predicted octanol–water partition coefficient (Wildman–Crippen LogP) is 2.49. The Bertz CT molecular complexity index is 426. The van der Waals surface area contributed by atoms with Gasteiger partial charge in [-0.05, 0) is 24.3 Å². The third-order valence-electron chi connectivity index (χ3n) is 2.26. The van der Waals surface area contributed by atoms with E-state index < -0.39 is 6.09 Å². The molecule has 1 heterocycles. The van der Waals surface area contributed by atoms with Crippen molar-refractivity contribution in [3.05, 3.63) is 54.8 Å². The van der Waals surface area contributed by atoms with Crippen LogP contribution in [0, 0.1) is 0 Å². The van der Waals surface area contributed by atoms with E-state index in [-0.39, 0.29) is 6.17 Å². The van der Waals surface area contributed by atoms with Crippen LogP contribution >= 0.6 is 0 Å². The van der Waals surface area contributed by atoms with Gasteiger partial charge in [-0.1, -0.05) is 24.3 Å². The van der Waals surface area contributed by atoms with Crippen LogP contribution in [0.15, 0.2) is 54.8 Å². The quantitative estimate of drug-likeness (QED) is 0.798. The molecule has 1 aliphatic heterocycles. The smallest absolute Gasteiger partial charge is 0.413 e. The SMILES string of the molecule is O=C(O)N1C=CC=C[C@H]1Nc1ccccc1. The monoisotopic (exact) mass is 216 g/mol. The molecule has 2 rings (SSSR count). The van der Waals surface area contributed by atoms with Gasteiger partial charge < -0.3 is 10.4 Å². The van der Waals surface area contributed by atoms with Crippen molar-refractivity contribution in [3.63, 3.8) is 0 Å². The van der Waals surface area contributed by atoms with Crippen LogP contribution < -0.4 is 5.32 Å². The number of benzene rings is 1. The minimum atomic E-state index is -0.978. The van der Waals surface area contributed by atoms with Crippen LogP contribution in [-0.4, -0.2) is 22.3 Å². The Hall–Kier alpha value is -2.23. The predicted molar refractivity (Wildman–Crippen MR) is 62.0 cm³/mol. The van der Waals surface area contributed by atoms with Crippen molar-refractivity contribution in [1.29, 1.82) is 0 Å². The number of anilines is 1. The van der Waals surface area contributed by atoms with Crippen molar-refractivity contribution < 1.29 is 9.90 Å². The summed E-state index contributed by atoms with van der Waals surface area (Å²) in [6.45, 7) is 0. The van der Waals surface area contributed by atoms with Gasteiger partial charge in [0, 0.05) is 11.9 Å². The van der Waals surface area contributed by atoms with Crippen LogP contribution in [0.4, 0.5) is 10.5 Å². The first-order valence-electron chi connectivity index (χ1n) is 4.95. The highest BCUT2D eigenvalue weighted by Crippen LogP contribution is 2.13. The number of allylic oxidation sites excluding steroid dienone is 2. The van der Waals surface area contributed by atoms with Crippen LogP contribution in [0.5, 0.6) is 0 Å². The molecule has 16 heavy (non-hydrogen) atoms. The molecule has 0 aromatic heterocycles. The molecule has 0 unspecified atom stereocenters. The van der Waals surface area contributed by atoms with Crippen LogP contribution in [0.2, 0.25) is 0 Å². The van der Waals surface area contributed by atoms with Gasteiger partial charge in [0.15, 0.2) is 0 Å². The molecule has 0 radical (unpaired) electrons. The summed E-state index contributed by atoms with van der Waals surface area (Å²) in [4.78, 5) is 12.2. The van der Waals surface area contributed by atoms with Crippen molar-refractivity contribution in [2.75, 3.05) is 5.32 Å². The molecule has 0 bridgehead atoms. The molecule has 0 spiro atoms. The van der Waals surface area contributed by atoms with Gasteiger partial charge in [0.25, 0.3) is 0 Å². The van der Waals surface area contributed by atoms with E-state index in [9.17, 15) is 4.79 Å². The van der Waals surface area contributed by atoms with Gasteiger partial charge in [0.1, 0.15) is 6.17 Å². The molecule has 1 atom stereocenters. The second-order valence-corrected chi connectivity index (χ2v) is 3.37. The molecule has 0 aliphatic carbocycles. The minimum Gasteiger partial charge on any atom is -0.465 e. The second-order valence-electron chi connectivity index (χ2n) is 3.37. The van der Waals surface area contributed by atoms with Crippen LogP contribution in [0.3, 0.4) is 0 Å². The number of carbonyl (C=O) groups is 1. The molecule has 4 nitrogen and oxygen atoms in total. The van der Waals surface area contributed by atoms with Crippen molar-refractivity contribution in [3.8, 4) is 0 Å². The summed E-state index contributed by atoms with van der Waals surface area (Å²) in [6.07, 6.45) is 5.50.